The molecule has 1 rings (SSSR count). The number of urea groups is 1. The highest BCUT2D eigenvalue weighted by Gasteiger charge is 2.12. The Kier molecular flexibility index (Phi) is 6.83. The smallest absolute Gasteiger partial charge is 0.321 e. The van der Waals surface area contributed by atoms with Crippen molar-refractivity contribution in [1.82, 2.24) is 15.5 Å². The molecular formula is C12H18ClN3O2S. The molecule has 0 radical (unpaired) electrons. The minimum absolute atomic E-state index is 0.184. The van der Waals surface area contributed by atoms with E-state index in [1.165, 1.54) is 11.3 Å². The summed E-state index contributed by atoms with van der Waals surface area (Å²) in [6.45, 7) is 5.81. The van der Waals surface area contributed by atoms with Crippen molar-refractivity contribution in [2.45, 2.75) is 20.4 Å². The number of thiophene rings is 1. The Hall–Kier alpha value is -1.11. The number of nitrogens with zero attached hydrogens (tertiary/aromatic N) is 1. The third kappa shape index (κ3) is 6.04. The fourth-order valence-corrected chi connectivity index (χ4v) is 2.64. The second kappa shape index (κ2) is 8.14. The van der Waals surface area contributed by atoms with Crippen LogP contribution in [0.15, 0.2) is 12.1 Å². The van der Waals surface area contributed by atoms with Gasteiger partial charge in [0, 0.05) is 18.0 Å². The van der Waals surface area contributed by atoms with E-state index in [9.17, 15) is 9.59 Å². The molecule has 0 atom stereocenters. The normalized spacial score (nSPS) is 10.5. The van der Waals surface area contributed by atoms with E-state index in [1.54, 1.807) is 6.92 Å². The predicted octanol–water partition coefficient (Wildman–Crippen LogP) is 2.07. The monoisotopic (exact) mass is 303 g/mol. The van der Waals surface area contributed by atoms with Crippen molar-refractivity contribution in [3.05, 3.63) is 21.3 Å². The van der Waals surface area contributed by atoms with Gasteiger partial charge >= 0.3 is 6.03 Å². The Morgan fingerprint density at radius 1 is 1.37 bits per heavy atom. The molecule has 5 nitrogen and oxygen atoms in total. The van der Waals surface area contributed by atoms with Crippen LogP contribution in [0.5, 0.6) is 0 Å². The van der Waals surface area contributed by atoms with E-state index in [1.807, 2.05) is 24.0 Å². The largest absolute Gasteiger partial charge is 0.338 e. The molecule has 0 aliphatic heterocycles. The Bertz CT molecular complexity index is 436. The molecule has 2 N–H and O–H groups in total. The summed E-state index contributed by atoms with van der Waals surface area (Å²) in [7, 11) is 0. The fourth-order valence-electron chi connectivity index (χ4n) is 1.51. The van der Waals surface area contributed by atoms with Gasteiger partial charge in [-0.15, -0.1) is 11.3 Å². The number of hydrogen-bond donors (Lipinski definition) is 2. The summed E-state index contributed by atoms with van der Waals surface area (Å²) in [6, 6.07) is 3.32. The summed E-state index contributed by atoms with van der Waals surface area (Å²) in [6.07, 6.45) is 0. The molecule has 0 bridgehead atoms. The molecule has 0 saturated heterocycles. The Morgan fingerprint density at radius 3 is 2.63 bits per heavy atom. The number of hydrogen-bond acceptors (Lipinski definition) is 4. The van der Waals surface area contributed by atoms with Gasteiger partial charge in [0.05, 0.1) is 10.9 Å². The number of halogens is 1. The van der Waals surface area contributed by atoms with E-state index in [-0.39, 0.29) is 12.5 Å². The minimum Gasteiger partial charge on any atom is -0.338 e. The predicted molar refractivity (Wildman–Crippen MR) is 77.5 cm³/mol. The molecule has 0 aromatic carbocycles. The molecule has 1 heterocycles. The van der Waals surface area contributed by atoms with E-state index in [2.05, 4.69) is 10.6 Å². The van der Waals surface area contributed by atoms with Crippen molar-refractivity contribution in [3.8, 4) is 0 Å². The average molecular weight is 304 g/mol. The zero-order valence-corrected chi connectivity index (χ0v) is 12.6. The van der Waals surface area contributed by atoms with Crippen LogP contribution in [-0.2, 0) is 11.3 Å². The van der Waals surface area contributed by atoms with E-state index in [0.717, 1.165) is 15.8 Å². The van der Waals surface area contributed by atoms with Gasteiger partial charge in [-0.2, -0.15) is 0 Å². The van der Waals surface area contributed by atoms with Gasteiger partial charge in [-0.1, -0.05) is 18.5 Å². The van der Waals surface area contributed by atoms with Crippen molar-refractivity contribution in [3.63, 3.8) is 0 Å². The van der Waals surface area contributed by atoms with Gasteiger partial charge in [-0.3, -0.25) is 15.0 Å². The molecule has 0 spiro atoms. The first-order chi connectivity index (χ1) is 9.05. The number of nitrogens with one attached hydrogen (secondary N) is 2. The first-order valence-corrected chi connectivity index (χ1v) is 7.28. The number of likely N-dealkylation sites (N-methyl/N-ethyl adjacent to an activating group) is 1. The molecule has 3 amide bonds. The summed E-state index contributed by atoms with van der Waals surface area (Å²) in [4.78, 5) is 25.9. The molecule has 7 heteroatoms. The maximum atomic E-state index is 11.7. The maximum absolute atomic E-state index is 11.7. The lowest BCUT2D eigenvalue weighted by Gasteiger charge is -2.18. The van der Waals surface area contributed by atoms with Gasteiger partial charge in [-0.05, 0) is 25.6 Å². The SMILES string of the molecule is CCNC(=O)NC(=O)CN(CC)Cc1ccc(Cl)s1. The summed E-state index contributed by atoms with van der Waals surface area (Å²) < 4.78 is 0.734. The molecule has 0 saturated carbocycles. The van der Waals surface area contributed by atoms with Crippen LogP contribution in [0.2, 0.25) is 4.34 Å². The molecule has 0 aliphatic rings. The van der Waals surface area contributed by atoms with Crippen LogP contribution in [-0.4, -0.2) is 36.5 Å². The highest BCUT2D eigenvalue weighted by atomic mass is 35.5. The van der Waals surface area contributed by atoms with Crippen LogP contribution in [0.25, 0.3) is 0 Å². The average Bonchev–Trinajstić information content (AvgIpc) is 2.74. The lowest BCUT2D eigenvalue weighted by Crippen LogP contribution is -2.44. The first-order valence-electron chi connectivity index (χ1n) is 6.09. The first kappa shape index (κ1) is 15.9. The van der Waals surface area contributed by atoms with Crippen LogP contribution in [0, 0.1) is 0 Å². The number of rotatable bonds is 6. The van der Waals surface area contributed by atoms with Crippen molar-refractivity contribution in [2.75, 3.05) is 19.6 Å². The van der Waals surface area contributed by atoms with Gasteiger partial charge in [0.25, 0.3) is 0 Å². The molecule has 19 heavy (non-hydrogen) atoms. The lowest BCUT2D eigenvalue weighted by atomic mass is 10.4. The number of amides is 3. The maximum Gasteiger partial charge on any atom is 0.321 e. The topological polar surface area (TPSA) is 61.4 Å². The summed E-state index contributed by atoms with van der Waals surface area (Å²) in [5, 5.41) is 4.80. The number of carbonyl (C=O) groups is 2. The van der Waals surface area contributed by atoms with Crippen LogP contribution in [0.1, 0.15) is 18.7 Å². The van der Waals surface area contributed by atoms with Crippen molar-refractivity contribution in [2.24, 2.45) is 0 Å². The van der Waals surface area contributed by atoms with Crippen LogP contribution in [0.4, 0.5) is 4.79 Å². The lowest BCUT2D eigenvalue weighted by molar-refractivity contribution is -0.121. The molecule has 1 aromatic heterocycles. The second-order valence-corrected chi connectivity index (χ2v) is 5.72. The highest BCUT2D eigenvalue weighted by molar-refractivity contribution is 7.16. The van der Waals surface area contributed by atoms with Crippen molar-refractivity contribution < 1.29 is 9.59 Å². The highest BCUT2D eigenvalue weighted by Crippen LogP contribution is 2.22. The molecule has 106 valence electrons. The van der Waals surface area contributed by atoms with Gasteiger partial charge in [0.2, 0.25) is 5.91 Å². The van der Waals surface area contributed by atoms with Gasteiger partial charge < -0.3 is 5.32 Å². The standard InChI is InChI=1S/C12H18ClN3O2S/c1-3-14-12(18)15-11(17)8-16(4-2)7-9-5-6-10(13)19-9/h5-6H,3-4,7-8H2,1-2H3,(H2,14,15,17,18). The quantitative estimate of drug-likeness (QED) is 0.846. The summed E-state index contributed by atoms with van der Waals surface area (Å²) >= 11 is 7.36. The van der Waals surface area contributed by atoms with Gasteiger partial charge in [0.1, 0.15) is 0 Å². The van der Waals surface area contributed by atoms with Crippen LogP contribution < -0.4 is 10.6 Å². The third-order valence-electron chi connectivity index (χ3n) is 2.41. The van der Waals surface area contributed by atoms with E-state index < -0.39 is 6.03 Å². The van der Waals surface area contributed by atoms with Crippen LogP contribution in [0.3, 0.4) is 0 Å². The molecule has 1 aromatic rings. The molecule has 0 fully saturated rings. The third-order valence-corrected chi connectivity index (χ3v) is 3.63. The number of carbonyl (C=O) groups excluding carboxylic acids is 2. The minimum atomic E-state index is -0.456. The van der Waals surface area contributed by atoms with E-state index in [0.29, 0.717) is 13.1 Å². The van der Waals surface area contributed by atoms with Gasteiger partial charge in [0.15, 0.2) is 0 Å². The molecule has 0 unspecified atom stereocenters. The van der Waals surface area contributed by atoms with Gasteiger partial charge in [-0.25, -0.2) is 4.79 Å². The molecular weight excluding hydrogens is 286 g/mol. The second-order valence-electron chi connectivity index (χ2n) is 3.92. The Balaban J connectivity index is 2.43. The fraction of sp³-hybridized carbons (Fsp3) is 0.500. The van der Waals surface area contributed by atoms with Crippen molar-refractivity contribution >= 4 is 34.9 Å². The zero-order valence-electron chi connectivity index (χ0n) is 11.0. The zero-order chi connectivity index (χ0) is 14.3. The number of imide groups is 1. The van der Waals surface area contributed by atoms with Crippen LogP contribution >= 0.6 is 22.9 Å². The van der Waals surface area contributed by atoms with E-state index >= 15 is 0 Å². The van der Waals surface area contributed by atoms with Crippen molar-refractivity contribution in [1.29, 1.82) is 0 Å². The Labute approximate surface area is 121 Å². The summed E-state index contributed by atoms with van der Waals surface area (Å²) in [5.41, 5.74) is 0. The van der Waals surface area contributed by atoms with E-state index in [4.69, 9.17) is 11.6 Å². The molecule has 0 aliphatic carbocycles. The summed E-state index contributed by atoms with van der Waals surface area (Å²) in [5.74, 6) is -0.310. The Morgan fingerprint density at radius 2 is 2.11 bits per heavy atom.